The first-order chi connectivity index (χ1) is 8.15. The van der Waals surface area contributed by atoms with Crippen LogP contribution in [0.1, 0.15) is 11.3 Å². The van der Waals surface area contributed by atoms with E-state index in [9.17, 15) is 0 Å². The Balaban J connectivity index is 2.54. The molecule has 0 bridgehead atoms. The van der Waals surface area contributed by atoms with Gasteiger partial charge < -0.3 is 10.5 Å². The molecule has 1 heterocycles. The van der Waals surface area contributed by atoms with Crippen LogP contribution >= 0.6 is 0 Å². The molecule has 2 N–H and O–H groups in total. The Bertz CT molecular complexity index is 531. The van der Waals surface area contributed by atoms with Crippen LogP contribution in [-0.4, -0.2) is 16.9 Å². The molecule has 0 spiro atoms. The lowest BCUT2D eigenvalue weighted by atomic mass is 10.1. The number of benzene rings is 1. The number of aryl methyl sites for hydroxylation is 2. The van der Waals surface area contributed by atoms with Gasteiger partial charge in [0.05, 0.1) is 18.5 Å². The quantitative estimate of drug-likeness (QED) is 0.877. The predicted octanol–water partition coefficient (Wildman–Crippen LogP) is 1.86. The van der Waals surface area contributed by atoms with Gasteiger partial charge in [0.25, 0.3) is 0 Å². The van der Waals surface area contributed by atoms with Gasteiger partial charge in [-0.15, -0.1) is 0 Å². The second-order valence-corrected chi connectivity index (χ2v) is 4.05. The lowest BCUT2D eigenvalue weighted by molar-refractivity contribution is 0.416. The summed E-state index contributed by atoms with van der Waals surface area (Å²) < 4.78 is 7.16. The first-order valence-corrected chi connectivity index (χ1v) is 5.53. The zero-order chi connectivity index (χ0) is 12.4. The minimum Gasteiger partial charge on any atom is -0.496 e. The Morgan fingerprint density at radius 2 is 2.12 bits per heavy atom. The molecule has 0 fully saturated rings. The summed E-state index contributed by atoms with van der Waals surface area (Å²) >= 11 is 0. The molecule has 0 aliphatic carbocycles. The Hall–Kier alpha value is -1.81. The van der Waals surface area contributed by atoms with Crippen molar-refractivity contribution in [3.05, 3.63) is 35.5 Å². The second kappa shape index (κ2) is 4.59. The van der Waals surface area contributed by atoms with Gasteiger partial charge in [-0.2, -0.15) is 5.10 Å². The average Bonchev–Trinajstić information content (AvgIpc) is 2.70. The lowest BCUT2D eigenvalue weighted by Gasteiger charge is -2.06. The summed E-state index contributed by atoms with van der Waals surface area (Å²) in [6, 6.07) is 8.05. The second-order valence-electron chi connectivity index (χ2n) is 4.05. The summed E-state index contributed by atoms with van der Waals surface area (Å²) in [5.74, 6) is 0.831. The van der Waals surface area contributed by atoms with E-state index in [0.29, 0.717) is 6.54 Å². The molecule has 0 radical (unpaired) electrons. The number of hydrogen-bond acceptors (Lipinski definition) is 3. The number of ether oxygens (including phenoxy) is 1. The van der Waals surface area contributed by atoms with Crippen LogP contribution in [-0.2, 0) is 13.6 Å². The molecule has 0 unspecified atom stereocenters. The molecular formula is C13H17N3O. The van der Waals surface area contributed by atoms with Crippen molar-refractivity contribution in [2.75, 3.05) is 7.11 Å². The fraction of sp³-hybridized carbons (Fsp3) is 0.308. The van der Waals surface area contributed by atoms with Gasteiger partial charge in [0, 0.05) is 19.2 Å². The molecule has 4 nitrogen and oxygen atoms in total. The van der Waals surface area contributed by atoms with Crippen LogP contribution in [0.15, 0.2) is 24.3 Å². The SMILES string of the molecule is COc1ccc(C)cc1-c1cc(CN)n(C)n1. The van der Waals surface area contributed by atoms with Gasteiger partial charge in [-0.1, -0.05) is 11.6 Å². The minimum atomic E-state index is 0.484. The smallest absolute Gasteiger partial charge is 0.128 e. The maximum absolute atomic E-state index is 5.65. The first-order valence-electron chi connectivity index (χ1n) is 5.53. The summed E-state index contributed by atoms with van der Waals surface area (Å²) in [4.78, 5) is 0. The van der Waals surface area contributed by atoms with Crippen LogP contribution in [0.4, 0.5) is 0 Å². The van der Waals surface area contributed by atoms with Crippen molar-refractivity contribution in [3.63, 3.8) is 0 Å². The molecule has 2 aromatic rings. The Kier molecular flexibility index (Phi) is 3.15. The molecule has 90 valence electrons. The summed E-state index contributed by atoms with van der Waals surface area (Å²) in [7, 11) is 3.56. The molecule has 17 heavy (non-hydrogen) atoms. The summed E-state index contributed by atoms with van der Waals surface area (Å²) in [6.07, 6.45) is 0. The van der Waals surface area contributed by atoms with Gasteiger partial charge in [0.15, 0.2) is 0 Å². The highest BCUT2D eigenvalue weighted by Gasteiger charge is 2.11. The van der Waals surface area contributed by atoms with E-state index in [1.807, 2.05) is 25.2 Å². The summed E-state index contributed by atoms with van der Waals surface area (Å²) in [6.45, 7) is 2.54. The third-order valence-electron chi connectivity index (χ3n) is 2.82. The third-order valence-corrected chi connectivity index (χ3v) is 2.82. The lowest BCUT2D eigenvalue weighted by Crippen LogP contribution is -2.03. The fourth-order valence-corrected chi connectivity index (χ4v) is 1.85. The van der Waals surface area contributed by atoms with Crippen molar-refractivity contribution < 1.29 is 4.74 Å². The van der Waals surface area contributed by atoms with Crippen LogP contribution in [0.3, 0.4) is 0 Å². The van der Waals surface area contributed by atoms with E-state index in [0.717, 1.165) is 22.7 Å². The van der Waals surface area contributed by atoms with E-state index in [1.165, 1.54) is 5.56 Å². The van der Waals surface area contributed by atoms with Crippen LogP contribution in [0.2, 0.25) is 0 Å². The van der Waals surface area contributed by atoms with Gasteiger partial charge >= 0.3 is 0 Å². The number of methoxy groups -OCH3 is 1. The maximum Gasteiger partial charge on any atom is 0.128 e. The van der Waals surface area contributed by atoms with E-state index in [4.69, 9.17) is 10.5 Å². The standard InChI is InChI=1S/C13H17N3O/c1-9-4-5-13(17-3)11(6-9)12-7-10(8-14)16(2)15-12/h4-7H,8,14H2,1-3H3. The number of hydrogen-bond donors (Lipinski definition) is 1. The zero-order valence-electron chi connectivity index (χ0n) is 10.4. The van der Waals surface area contributed by atoms with Gasteiger partial charge in [-0.25, -0.2) is 0 Å². The number of nitrogens with zero attached hydrogens (tertiary/aromatic N) is 2. The van der Waals surface area contributed by atoms with Crippen molar-refractivity contribution in [2.45, 2.75) is 13.5 Å². The van der Waals surface area contributed by atoms with E-state index >= 15 is 0 Å². The molecule has 1 aromatic heterocycles. The van der Waals surface area contributed by atoms with Gasteiger partial charge in [-0.05, 0) is 25.1 Å². The minimum absolute atomic E-state index is 0.484. The largest absolute Gasteiger partial charge is 0.496 e. The summed E-state index contributed by atoms with van der Waals surface area (Å²) in [5, 5.41) is 4.46. The Morgan fingerprint density at radius 1 is 1.35 bits per heavy atom. The Morgan fingerprint density at radius 3 is 2.71 bits per heavy atom. The molecule has 0 amide bonds. The molecule has 0 saturated carbocycles. The third kappa shape index (κ3) is 2.17. The van der Waals surface area contributed by atoms with Crippen molar-refractivity contribution in [1.29, 1.82) is 0 Å². The van der Waals surface area contributed by atoms with Gasteiger partial charge in [0.2, 0.25) is 0 Å². The van der Waals surface area contributed by atoms with E-state index in [2.05, 4.69) is 18.1 Å². The van der Waals surface area contributed by atoms with E-state index < -0.39 is 0 Å². The molecule has 4 heteroatoms. The highest BCUT2D eigenvalue weighted by Crippen LogP contribution is 2.30. The van der Waals surface area contributed by atoms with Crippen molar-refractivity contribution in [1.82, 2.24) is 9.78 Å². The molecule has 2 rings (SSSR count). The normalized spacial score (nSPS) is 10.6. The molecule has 1 aromatic carbocycles. The number of rotatable bonds is 3. The maximum atomic E-state index is 5.65. The molecule has 0 aliphatic heterocycles. The Labute approximate surface area is 101 Å². The van der Waals surface area contributed by atoms with Crippen molar-refractivity contribution in [2.24, 2.45) is 12.8 Å². The molecule has 0 aliphatic rings. The monoisotopic (exact) mass is 231 g/mol. The molecular weight excluding hydrogens is 214 g/mol. The molecule has 0 atom stereocenters. The predicted molar refractivity (Wildman–Crippen MR) is 67.8 cm³/mol. The van der Waals surface area contributed by atoms with Crippen LogP contribution < -0.4 is 10.5 Å². The fourth-order valence-electron chi connectivity index (χ4n) is 1.85. The van der Waals surface area contributed by atoms with Crippen molar-refractivity contribution >= 4 is 0 Å². The highest BCUT2D eigenvalue weighted by molar-refractivity contribution is 5.68. The number of nitrogens with two attached hydrogens (primary N) is 1. The zero-order valence-corrected chi connectivity index (χ0v) is 10.4. The van der Waals surface area contributed by atoms with Crippen LogP contribution in [0.5, 0.6) is 5.75 Å². The highest BCUT2D eigenvalue weighted by atomic mass is 16.5. The summed E-state index contributed by atoms with van der Waals surface area (Å²) in [5.41, 5.74) is 9.73. The molecule has 0 saturated heterocycles. The van der Waals surface area contributed by atoms with E-state index in [1.54, 1.807) is 11.8 Å². The van der Waals surface area contributed by atoms with Gasteiger partial charge in [-0.3, -0.25) is 4.68 Å². The first kappa shape index (κ1) is 11.7. The van der Waals surface area contributed by atoms with Crippen LogP contribution in [0, 0.1) is 6.92 Å². The average molecular weight is 231 g/mol. The van der Waals surface area contributed by atoms with Crippen LogP contribution in [0.25, 0.3) is 11.3 Å². The topological polar surface area (TPSA) is 53.1 Å². The van der Waals surface area contributed by atoms with Crippen molar-refractivity contribution in [3.8, 4) is 17.0 Å². The number of aromatic nitrogens is 2. The van der Waals surface area contributed by atoms with Gasteiger partial charge in [0.1, 0.15) is 5.75 Å². The van der Waals surface area contributed by atoms with E-state index in [-0.39, 0.29) is 0 Å².